The summed E-state index contributed by atoms with van der Waals surface area (Å²) in [5.74, 6) is 1.07. The fraction of sp³-hybridized carbons (Fsp3) is 0.500. The molecule has 0 radical (unpaired) electrons. The van der Waals surface area contributed by atoms with Crippen LogP contribution in [0.5, 0.6) is 0 Å². The maximum absolute atomic E-state index is 5.99. The molecule has 0 unspecified atom stereocenters. The van der Waals surface area contributed by atoms with Crippen molar-refractivity contribution in [3.05, 3.63) is 17.8 Å². The number of anilines is 2. The summed E-state index contributed by atoms with van der Waals surface area (Å²) in [7, 11) is 2.15. The Hall–Kier alpha value is -1.95. The van der Waals surface area contributed by atoms with Gasteiger partial charge in [-0.15, -0.1) is 0 Å². The van der Waals surface area contributed by atoms with Crippen LogP contribution in [0.3, 0.4) is 0 Å². The number of fused-ring (bicyclic) bond motifs is 1. The number of likely N-dealkylation sites (tertiary alicyclic amines) is 1. The molecule has 2 aromatic rings. The zero-order chi connectivity index (χ0) is 14.1. The molecule has 1 fully saturated rings. The normalized spacial score (nSPS) is 17.5. The SMILES string of the molecule is Cc1ccc2c(N)nc(NC3CCN(C)CC3)nc2n1. The molecule has 0 aliphatic carbocycles. The van der Waals surface area contributed by atoms with Crippen molar-refractivity contribution in [3.63, 3.8) is 0 Å². The van der Waals surface area contributed by atoms with Gasteiger partial charge in [-0.2, -0.15) is 9.97 Å². The van der Waals surface area contributed by atoms with Crippen LogP contribution >= 0.6 is 0 Å². The fourth-order valence-electron chi connectivity index (χ4n) is 2.53. The summed E-state index contributed by atoms with van der Waals surface area (Å²) in [6.45, 7) is 4.14. The van der Waals surface area contributed by atoms with Gasteiger partial charge in [-0.3, -0.25) is 0 Å². The van der Waals surface area contributed by atoms with Gasteiger partial charge in [-0.05, 0) is 52.0 Å². The van der Waals surface area contributed by atoms with E-state index in [9.17, 15) is 0 Å². The fourth-order valence-corrected chi connectivity index (χ4v) is 2.53. The molecule has 106 valence electrons. The Morgan fingerprint density at radius 1 is 1.20 bits per heavy atom. The molecule has 20 heavy (non-hydrogen) atoms. The standard InChI is InChI=1S/C14H20N6/c1-9-3-4-11-12(15)18-14(19-13(11)16-9)17-10-5-7-20(2)8-6-10/h3-4,10H,5-8H2,1-2H3,(H3,15,16,17,18,19). The summed E-state index contributed by atoms with van der Waals surface area (Å²) < 4.78 is 0. The maximum Gasteiger partial charge on any atom is 0.226 e. The monoisotopic (exact) mass is 272 g/mol. The number of nitrogens with zero attached hydrogens (tertiary/aromatic N) is 4. The minimum absolute atomic E-state index is 0.410. The van der Waals surface area contributed by atoms with Crippen molar-refractivity contribution in [1.82, 2.24) is 19.9 Å². The topological polar surface area (TPSA) is 80.0 Å². The van der Waals surface area contributed by atoms with Crippen molar-refractivity contribution in [2.24, 2.45) is 0 Å². The highest BCUT2D eigenvalue weighted by molar-refractivity contribution is 5.86. The van der Waals surface area contributed by atoms with Crippen LogP contribution in [-0.2, 0) is 0 Å². The number of rotatable bonds is 2. The van der Waals surface area contributed by atoms with Crippen molar-refractivity contribution in [2.75, 3.05) is 31.2 Å². The highest BCUT2D eigenvalue weighted by Crippen LogP contribution is 2.20. The average molecular weight is 272 g/mol. The molecule has 0 spiro atoms. The molecule has 1 aliphatic rings. The summed E-state index contributed by atoms with van der Waals surface area (Å²) >= 11 is 0. The van der Waals surface area contributed by atoms with E-state index < -0.39 is 0 Å². The number of nitrogen functional groups attached to an aromatic ring is 1. The van der Waals surface area contributed by atoms with Gasteiger partial charge in [0.05, 0.1) is 5.39 Å². The Morgan fingerprint density at radius 2 is 1.95 bits per heavy atom. The van der Waals surface area contributed by atoms with Crippen LogP contribution in [0.4, 0.5) is 11.8 Å². The molecule has 1 aliphatic heterocycles. The lowest BCUT2D eigenvalue weighted by Gasteiger charge is -2.29. The number of aromatic nitrogens is 3. The van der Waals surface area contributed by atoms with E-state index in [1.807, 2.05) is 19.1 Å². The zero-order valence-corrected chi connectivity index (χ0v) is 11.9. The molecule has 0 aromatic carbocycles. The van der Waals surface area contributed by atoms with Gasteiger partial charge in [0, 0.05) is 11.7 Å². The van der Waals surface area contributed by atoms with E-state index in [2.05, 4.69) is 32.2 Å². The molecule has 0 bridgehead atoms. The summed E-state index contributed by atoms with van der Waals surface area (Å²) in [5, 5.41) is 4.19. The van der Waals surface area contributed by atoms with E-state index in [-0.39, 0.29) is 0 Å². The van der Waals surface area contributed by atoms with E-state index in [1.165, 1.54) is 0 Å². The Labute approximate surface area is 118 Å². The number of hydrogen-bond donors (Lipinski definition) is 2. The second kappa shape index (κ2) is 5.20. The van der Waals surface area contributed by atoms with E-state index >= 15 is 0 Å². The summed E-state index contributed by atoms with van der Waals surface area (Å²) in [4.78, 5) is 15.6. The van der Waals surface area contributed by atoms with Gasteiger partial charge in [-0.25, -0.2) is 4.98 Å². The van der Waals surface area contributed by atoms with Gasteiger partial charge in [0.1, 0.15) is 5.82 Å². The van der Waals surface area contributed by atoms with Gasteiger partial charge in [0.15, 0.2) is 5.65 Å². The van der Waals surface area contributed by atoms with Crippen LogP contribution in [-0.4, -0.2) is 46.0 Å². The molecular weight excluding hydrogens is 252 g/mol. The Kier molecular flexibility index (Phi) is 3.40. The van der Waals surface area contributed by atoms with Crippen LogP contribution < -0.4 is 11.1 Å². The van der Waals surface area contributed by atoms with Crippen molar-refractivity contribution < 1.29 is 0 Å². The predicted molar refractivity (Wildman–Crippen MR) is 80.6 cm³/mol. The zero-order valence-electron chi connectivity index (χ0n) is 11.9. The van der Waals surface area contributed by atoms with Crippen LogP contribution in [0.25, 0.3) is 11.0 Å². The van der Waals surface area contributed by atoms with Gasteiger partial charge in [0.25, 0.3) is 0 Å². The first kappa shape index (κ1) is 13.1. The quantitative estimate of drug-likeness (QED) is 0.860. The maximum atomic E-state index is 5.99. The van der Waals surface area contributed by atoms with Gasteiger partial charge >= 0.3 is 0 Å². The van der Waals surface area contributed by atoms with Crippen LogP contribution in [0.1, 0.15) is 18.5 Å². The summed E-state index contributed by atoms with van der Waals surface area (Å²) in [5.41, 5.74) is 7.59. The van der Waals surface area contributed by atoms with Gasteiger partial charge in [-0.1, -0.05) is 0 Å². The number of hydrogen-bond acceptors (Lipinski definition) is 6. The number of nitrogens with one attached hydrogen (secondary N) is 1. The number of nitrogens with two attached hydrogens (primary N) is 1. The van der Waals surface area contributed by atoms with E-state index in [0.717, 1.165) is 37.0 Å². The second-order valence-corrected chi connectivity index (χ2v) is 5.48. The highest BCUT2D eigenvalue weighted by atomic mass is 15.2. The van der Waals surface area contributed by atoms with E-state index in [1.54, 1.807) is 0 Å². The van der Waals surface area contributed by atoms with Crippen molar-refractivity contribution in [3.8, 4) is 0 Å². The molecule has 3 rings (SSSR count). The highest BCUT2D eigenvalue weighted by Gasteiger charge is 2.17. The first-order valence-corrected chi connectivity index (χ1v) is 6.98. The van der Waals surface area contributed by atoms with Crippen LogP contribution in [0.15, 0.2) is 12.1 Å². The molecule has 1 saturated heterocycles. The second-order valence-electron chi connectivity index (χ2n) is 5.48. The minimum atomic E-state index is 0.410. The average Bonchev–Trinajstić information content (AvgIpc) is 2.41. The first-order chi connectivity index (χ1) is 9.61. The number of piperidine rings is 1. The molecular formula is C14H20N6. The van der Waals surface area contributed by atoms with E-state index in [4.69, 9.17) is 5.73 Å². The lowest BCUT2D eigenvalue weighted by Crippen LogP contribution is -2.37. The number of pyridine rings is 1. The van der Waals surface area contributed by atoms with Crippen LogP contribution in [0.2, 0.25) is 0 Å². The van der Waals surface area contributed by atoms with E-state index in [0.29, 0.717) is 23.5 Å². The molecule has 3 N–H and O–H groups in total. The molecule has 0 amide bonds. The van der Waals surface area contributed by atoms with Gasteiger partial charge < -0.3 is 16.0 Å². The molecule has 3 heterocycles. The Balaban J connectivity index is 1.84. The molecule has 6 heteroatoms. The van der Waals surface area contributed by atoms with Crippen molar-refractivity contribution >= 4 is 22.8 Å². The summed E-state index contributed by atoms with van der Waals surface area (Å²) in [6, 6.07) is 4.26. The largest absolute Gasteiger partial charge is 0.383 e. The molecule has 0 atom stereocenters. The smallest absolute Gasteiger partial charge is 0.226 e. The summed E-state index contributed by atoms with van der Waals surface area (Å²) in [6.07, 6.45) is 2.19. The van der Waals surface area contributed by atoms with Crippen molar-refractivity contribution in [1.29, 1.82) is 0 Å². The molecule has 0 saturated carbocycles. The Morgan fingerprint density at radius 3 is 2.70 bits per heavy atom. The number of aryl methyl sites for hydroxylation is 1. The van der Waals surface area contributed by atoms with Gasteiger partial charge in [0.2, 0.25) is 5.95 Å². The third-order valence-electron chi connectivity index (χ3n) is 3.78. The van der Waals surface area contributed by atoms with Crippen LogP contribution in [0, 0.1) is 6.92 Å². The lowest BCUT2D eigenvalue weighted by atomic mass is 10.1. The lowest BCUT2D eigenvalue weighted by molar-refractivity contribution is 0.263. The first-order valence-electron chi connectivity index (χ1n) is 6.98. The third-order valence-corrected chi connectivity index (χ3v) is 3.78. The molecule has 2 aromatic heterocycles. The van der Waals surface area contributed by atoms with Crippen molar-refractivity contribution in [2.45, 2.75) is 25.8 Å². The Bertz CT molecular complexity index is 618. The minimum Gasteiger partial charge on any atom is -0.383 e. The predicted octanol–water partition coefficient (Wildman–Crippen LogP) is 1.42. The third kappa shape index (κ3) is 2.65. The molecule has 6 nitrogen and oxygen atoms in total.